The molecule has 0 aliphatic carbocycles. The molecule has 0 unspecified atom stereocenters. The Kier molecular flexibility index (Phi) is 5.53. The van der Waals surface area contributed by atoms with Crippen molar-refractivity contribution >= 4 is 28.5 Å². The molecule has 140 valence electrons. The van der Waals surface area contributed by atoms with Gasteiger partial charge >= 0.3 is 5.97 Å². The van der Waals surface area contributed by atoms with Gasteiger partial charge in [0.15, 0.2) is 0 Å². The zero-order valence-electron chi connectivity index (χ0n) is 14.8. The van der Waals surface area contributed by atoms with E-state index < -0.39 is 11.8 Å². The number of carbonyl (C=O) groups is 1. The molecule has 0 saturated carbocycles. The minimum Gasteiger partial charge on any atom is -0.465 e. The lowest BCUT2D eigenvalue weighted by Gasteiger charge is -2.17. The van der Waals surface area contributed by atoms with E-state index in [-0.39, 0.29) is 18.6 Å². The van der Waals surface area contributed by atoms with E-state index in [0.717, 1.165) is 0 Å². The number of fused-ring (bicyclic) bond motifs is 1. The summed E-state index contributed by atoms with van der Waals surface area (Å²) in [5.74, 6) is -0.506. The van der Waals surface area contributed by atoms with Gasteiger partial charge in [-0.05, 0) is 37.4 Å². The topological polar surface area (TPSA) is 75.3 Å². The summed E-state index contributed by atoms with van der Waals surface area (Å²) in [5.41, 5.74) is 0.746. The molecule has 0 aliphatic rings. The first-order valence-electron chi connectivity index (χ1n) is 8.11. The number of ether oxygens (including phenoxy) is 1. The fourth-order valence-corrected chi connectivity index (χ4v) is 3.00. The molecule has 27 heavy (non-hydrogen) atoms. The van der Waals surface area contributed by atoms with Gasteiger partial charge in [0.1, 0.15) is 11.6 Å². The van der Waals surface area contributed by atoms with Crippen LogP contribution in [0.5, 0.6) is 0 Å². The number of aromatic nitrogens is 2. The molecular weight excluding hydrogens is 373 g/mol. The summed E-state index contributed by atoms with van der Waals surface area (Å²) in [4.78, 5) is 32.9. The van der Waals surface area contributed by atoms with Crippen LogP contribution < -0.4 is 5.56 Å². The van der Waals surface area contributed by atoms with Crippen LogP contribution in [0.15, 0.2) is 41.2 Å². The number of carbonyl (C=O) groups excluding carboxylic acids is 1. The summed E-state index contributed by atoms with van der Waals surface area (Å²) < 4.78 is 18.6. The van der Waals surface area contributed by atoms with Crippen LogP contribution in [0.2, 0.25) is 5.02 Å². The first-order chi connectivity index (χ1) is 12.9. The summed E-state index contributed by atoms with van der Waals surface area (Å²) in [6.45, 7) is 0.508. The monoisotopic (exact) mass is 389 g/mol. The zero-order valence-corrected chi connectivity index (χ0v) is 15.5. The van der Waals surface area contributed by atoms with Gasteiger partial charge in [-0.15, -0.1) is 0 Å². The summed E-state index contributed by atoms with van der Waals surface area (Å²) in [5, 5.41) is 0.704. The third kappa shape index (κ3) is 4.15. The Bertz CT molecular complexity index is 1050. The summed E-state index contributed by atoms with van der Waals surface area (Å²) >= 11 is 6.06. The number of methoxy groups -OCH3 is 1. The normalized spacial score (nSPS) is 11.1. The fourth-order valence-electron chi connectivity index (χ4n) is 2.77. The van der Waals surface area contributed by atoms with Gasteiger partial charge in [0, 0.05) is 17.1 Å². The quantitative estimate of drug-likeness (QED) is 0.678. The highest BCUT2D eigenvalue weighted by Gasteiger charge is 2.13. The maximum Gasteiger partial charge on any atom is 0.337 e. The Labute approximate surface area is 159 Å². The standard InChI is InChI=1S/C19H17ClFN3O3/c1-24(9-13-14(20)4-3-5-15(13)21)10-17-22-16-8-11(19(26)27-2)6-7-12(16)18(25)23-17/h3-8H,9-10H2,1-2H3,(H,22,23,25). The number of hydrogen-bond acceptors (Lipinski definition) is 5. The highest BCUT2D eigenvalue weighted by molar-refractivity contribution is 6.31. The molecule has 0 atom stereocenters. The van der Waals surface area contributed by atoms with Crippen molar-refractivity contribution in [3.63, 3.8) is 0 Å². The number of nitrogens with zero attached hydrogens (tertiary/aromatic N) is 2. The minimum absolute atomic E-state index is 0.245. The molecule has 3 rings (SSSR count). The van der Waals surface area contributed by atoms with E-state index in [1.54, 1.807) is 24.1 Å². The molecule has 0 fully saturated rings. The lowest BCUT2D eigenvalue weighted by molar-refractivity contribution is 0.0601. The molecule has 2 aromatic carbocycles. The van der Waals surface area contributed by atoms with E-state index in [0.29, 0.717) is 32.9 Å². The smallest absolute Gasteiger partial charge is 0.337 e. The largest absolute Gasteiger partial charge is 0.465 e. The van der Waals surface area contributed by atoms with Crippen LogP contribution in [0.1, 0.15) is 21.7 Å². The predicted molar refractivity (Wildman–Crippen MR) is 100 cm³/mol. The van der Waals surface area contributed by atoms with Gasteiger partial charge in [-0.3, -0.25) is 9.69 Å². The number of halogens is 2. The van der Waals surface area contributed by atoms with Crippen molar-refractivity contribution in [3.05, 3.63) is 74.5 Å². The van der Waals surface area contributed by atoms with E-state index in [2.05, 4.69) is 9.97 Å². The summed E-state index contributed by atoms with van der Waals surface area (Å²) in [6, 6.07) is 9.06. The first-order valence-corrected chi connectivity index (χ1v) is 8.49. The van der Waals surface area contributed by atoms with E-state index >= 15 is 0 Å². The van der Waals surface area contributed by atoms with Gasteiger partial charge in [-0.1, -0.05) is 17.7 Å². The number of H-pyrrole nitrogens is 1. The van der Waals surface area contributed by atoms with Crippen LogP contribution in [0, 0.1) is 5.82 Å². The van der Waals surface area contributed by atoms with Crippen molar-refractivity contribution < 1.29 is 13.9 Å². The molecule has 0 amide bonds. The van der Waals surface area contributed by atoms with Crippen LogP contribution in [0.25, 0.3) is 10.9 Å². The molecule has 1 N–H and O–H groups in total. The van der Waals surface area contributed by atoms with Gasteiger partial charge in [0.2, 0.25) is 0 Å². The Balaban J connectivity index is 1.88. The molecule has 6 nitrogen and oxygen atoms in total. The highest BCUT2D eigenvalue weighted by Crippen LogP contribution is 2.21. The zero-order chi connectivity index (χ0) is 19.6. The third-order valence-electron chi connectivity index (χ3n) is 4.09. The van der Waals surface area contributed by atoms with Crippen LogP contribution in [0.3, 0.4) is 0 Å². The molecule has 0 bridgehead atoms. The number of rotatable bonds is 5. The van der Waals surface area contributed by atoms with Crippen molar-refractivity contribution in [1.29, 1.82) is 0 Å². The molecule has 8 heteroatoms. The van der Waals surface area contributed by atoms with Crippen LogP contribution in [-0.4, -0.2) is 35.0 Å². The molecule has 0 aliphatic heterocycles. The molecule has 0 radical (unpaired) electrons. The molecular formula is C19H17ClFN3O3. The lowest BCUT2D eigenvalue weighted by Crippen LogP contribution is -2.22. The second-order valence-electron chi connectivity index (χ2n) is 6.11. The second kappa shape index (κ2) is 7.85. The number of aromatic amines is 1. The van der Waals surface area contributed by atoms with Gasteiger partial charge in [0.25, 0.3) is 5.56 Å². The van der Waals surface area contributed by atoms with E-state index in [1.807, 2.05) is 0 Å². The molecule has 3 aromatic rings. The fraction of sp³-hybridized carbons (Fsp3) is 0.211. The van der Waals surface area contributed by atoms with Crippen molar-refractivity contribution in [2.24, 2.45) is 0 Å². The lowest BCUT2D eigenvalue weighted by atomic mass is 10.1. The minimum atomic E-state index is -0.508. The maximum absolute atomic E-state index is 13.9. The Morgan fingerprint density at radius 3 is 2.78 bits per heavy atom. The van der Waals surface area contributed by atoms with Crippen LogP contribution in [0.4, 0.5) is 4.39 Å². The van der Waals surface area contributed by atoms with E-state index in [9.17, 15) is 14.0 Å². The van der Waals surface area contributed by atoms with Gasteiger partial charge in [-0.2, -0.15) is 0 Å². The molecule has 1 aromatic heterocycles. The van der Waals surface area contributed by atoms with Crippen molar-refractivity contribution in [3.8, 4) is 0 Å². The number of benzene rings is 2. The van der Waals surface area contributed by atoms with Gasteiger partial charge < -0.3 is 9.72 Å². The number of hydrogen-bond donors (Lipinski definition) is 1. The summed E-state index contributed by atoms with van der Waals surface area (Å²) in [7, 11) is 3.05. The predicted octanol–water partition coefficient (Wildman–Crippen LogP) is 3.13. The van der Waals surface area contributed by atoms with Crippen molar-refractivity contribution in [2.75, 3.05) is 14.2 Å². The number of nitrogens with one attached hydrogen (secondary N) is 1. The highest BCUT2D eigenvalue weighted by atomic mass is 35.5. The first kappa shape index (κ1) is 19.0. The summed E-state index contributed by atoms with van der Waals surface area (Å²) in [6.07, 6.45) is 0. The molecule has 0 spiro atoms. The maximum atomic E-state index is 13.9. The van der Waals surface area contributed by atoms with E-state index in [1.165, 1.54) is 31.4 Å². The van der Waals surface area contributed by atoms with Crippen LogP contribution >= 0.6 is 11.6 Å². The van der Waals surface area contributed by atoms with Crippen LogP contribution in [-0.2, 0) is 17.8 Å². The molecule has 0 saturated heterocycles. The average Bonchev–Trinajstić information content (AvgIpc) is 2.63. The van der Waals surface area contributed by atoms with Gasteiger partial charge in [-0.25, -0.2) is 14.2 Å². The SMILES string of the molecule is COC(=O)c1ccc2c(=O)[nH]c(CN(C)Cc3c(F)cccc3Cl)nc2c1. The third-order valence-corrected chi connectivity index (χ3v) is 4.44. The van der Waals surface area contributed by atoms with Gasteiger partial charge in [0.05, 0.1) is 30.1 Å². The Morgan fingerprint density at radius 2 is 2.07 bits per heavy atom. The Hall–Kier alpha value is -2.77. The average molecular weight is 390 g/mol. The van der Waals surface area contributed by atoms with Crippen molar-refractivity contribution in [1.82, 2.24) is 14.9 Å². The molecule has 1 heterocycles. The van der Waals surface area contributed by atoms with E-state index in [4.69, 9.17) is 16.3 Å². The Morgan fingerprint density at radius 1 is 1.30 bits per heavy atom. The van der Waals surface area contributed by atoms with Crippen molar-refractivity contribution in [2.45, 2.75) is 13.1 Å². The number of esters is 1. The second-order valence-corrected chi connectivity index (χ2v) is 6.52.